The van der Waals surface area contributed by atoms with Crippen LogP contribution in [0.25, 0.3) is 0 Å². The maximum Gasteiger partial charge on any atom is 0.0795 e. The maximum absolute atomic E-state index is 5.96. The van der Waals surface area contributed by atoms with Gasteiger partial charge in [0.25, 0.3) is 0 Å². The number of nitrogens with zero attached hydrogens (tertiary/aromatic N) is 3. The summed E-state index contributed by atoms with van der Waals surface area (Å²) in [4.78, 5) is 4.17. The number of hydrogen-bond acceptors (Lipinski definition) is 4. The van der Waals surface area contributed by atoms with Gasteiger partial charge in [0.1, 0.15) is 0 Å². The van der Waals surface area contributed by atoms with E-state index in [0.29, 0.717) is 6.54 Å². The molecule has 0 saturated carbocycles. The standard InChI is InChI=1S/C9H12N4S/c1-7-2-12-13(3-7)4-8(10)9-5-14-6-11-9/h2-3,5-6,8H,4,10H2,1H3. The number of aryl methyl sites for hydroxylation is 1. The van der Waals surface area contributed by atoms with Crippen molar-refractivity contribution in [3.63, 3.8) is 0 Å². The number of hydrogen-bond donors (Lipinski definition) is 1. The van der Waals surface area contributed by atoms with E-state index in [1.807, 2.05) is 29.4 Å². The third-order valence-electron chi connectivity index (χ3n) is 1.98. The molecule has 2 rings (SSSR count). The van der Waals surface area contributed by atoms with Gasteiger partial charge >= 0.3 is 0 Å². The molecule has 0 aliphatic heterocycles. The van der Waals surface area contributed by atoms with Crippen LogP contribution in [0.2, 0.25) is 0 Å². The van der Waals surface area contributed by atoms with Gasteiger partial charge in [-0.1, -0.05) is 0 Å². The van der Waals surface area contributed by atoms with Gasteiger partial charge in [0.15, 0.2) is 0 Å². The molecule has 1 atom stereocenters. The second-order valence-electron chi connectivity index (χ2n) is 3.26. The fraction of sp³-hybridized carbons (Fsp3) is 0.333. The molecule has 0 bridgehead atoms. The largest absolute Gasteiger partial charge is 0.321 e. The van der Waals surface area contributed by atoms with Gasteiger partial charge in [0.2, 0.25) is 0 Å². The van der Waals surface area contributed by atoms with E-state index in [0.717, 1.165) is 11.3 Å². The Kier molecular flexibility index (Phi) is 2.60. The minimum Gasteiger partial charge on any atom is -0.321 e. The third-order valence-corrected chi connectivity index (χ3v) is 2.58. The Morgan fingerprint density at radius 1 is 1.64 bits per heavy atom. The molecule has 2 heterocycles. The summed E-state index contributed by atoms with van der Waals surface area (Å²) in [7, 11) is 0. The van der Waals surface area contributed by atoms with Crippen molar-refractivity contribution in [1.82, 2.24) is 14.8 Å². The van der Waals surface area contributed by atoms with Crippen LogP contribution in [0.3, 0.4) is 0 Å². The smallest absolute Gasteiger partial charge is 0.0795 e. The summed E-state index contributed by atoms with van der Waals surface area (Å²) in [6, 6.07) is -0.0689. The summed E-state index contributed by atoms with van der Waals surface area (Å²) >= 11 is 1.56. The quantitative estimate of drug-likeness (QED) is 0.828. The fourth-order valence-corrected chi connectivity index (χ4v) is 1.89. The molecule has 0 spiro atoms. The second kappa shape index (κ2) is 3.89. The molecule has 74 valence electrons. The Balaban J connectivity index is 2.05. The van der Waals surface area contributed by atoms with Gasteiger partial charge in [-0.05, 0) is 12.5 Å². The van der Waals surface area contributed by atoms with Gasteiger partial charge in [-0.25, -0.2) is 4.98 Å². The van der Waals surface area contributed by atoms with Crippen molar-refractivity contribution < 1.29 is 0 Å². The first-order chi connectivity index (χ1) is 6.75. The molecule has 0 fully saturated rings. The highest BCUT2D eigenvalue weighted by molar-refractivity contribution is 7.07. The number of aromatic nitrogens is 3. The third kappa shape index (κ3) is 2.00. The predicted octanol–water partition coefficient (Wildman–Crippen LogP) is 1.35. The molecular formula is C9H12N4S. The topological polar surface area (TPSA) is 56.7 Å². The van der Waals surface area contributed by atoms with E-state index in [2.05, 4.69) is 10.1 Å². The lowest BCUT2D eigenvalue weighted by Gasteiger charge is -2.08. The van der Waals surface area contributed by atoms with E-state index in [1.54, 1.807) is 16.8 Å². The van der Waals surface area contributed by atoms with Crippen LogP contribution in [-0.4, -0.2) is 14.8 Å². The number of nitrogens with two attached hydrogens (primary N) is 1. The van der Waals surface area contributed by atoms with Crippen molar-refractivity contribution in [2.24, 2.45) is 5.73 Å². The van der Waals surface area contributed by atoms with Gasteiger partial charge in [0.05, 0.1) is 30.0 Å². The van der Waals surface area contributed by atoms with Crippen molar-refractivity contribution in [2.75, 3.05) is 0 Å². The highest BCUT2D eigenvalue weighted by Gasteiger charge is 2.08. The summed E-state index contributed by atoms with van der Waals surface area (Å²) in [6.07, 6.45) is 3.81. The Morgan fingerprint density at radius 2 is 2.50 bits per heavy atom. The van der Waals surface area contributed by atoms with Crippen molar-refractivity contribution in [2.45, 2.75) is 19.5 Å². The summed E-state index contributed by atoms with van der Waals surface area (Å²) in [6.45, 7) is 2.69. The van der Waals surface area contributed by atoms with Crippen LogP contribution in [0.4, 0.5) is 0 Å². The SMILES string of the molecule is Cc1cnn(CC(N)c2cscn2)c1. The molecule has 1 unspecified atom stereocenters. The molecule has 4 nitrogen and oxygen atoms in total. The molecular weight excluding hydrogens is 196 g/mol. The van der Waals surface area contributed by atoms with Gasteiger partial charge in [-0.3, -0.25) is 4.68 Å². The van der Waals surface area contributed by atoms with E-state index in [9.17, 15) is 0 Å². The van der Waals surface area contributed by atoms with Crippen LogP contribution in [0.1, 0.15) is 17.3 Å². The van der Waals surface area contributed by atoms with Crippen molar-refractivity contribution >= 4 is 11.3 Å². The molecule has 2 N–H and O–H groups in total. The molecule has 5 heteroatoms. The molecule has 0 radical (unpaired) electrons. The number of rotatable bonds is 3. The zero-order valence-corrected chi connectivity index (χ0v) is 8.74. The minimum atomic E-state index is -0.0689. The molecule has 2 aromatic rings. The molecule has 0 amide bonds. The summed E-state index contributed by atoms with van der Waals surface area (Å²) < 4.78 is 1.85. The predicted molar refractivity (Wildman–Crippen MR) is 56.0 cm³/mol. The van der Waals surface area contributed by atoms with Crippen molar-refractivity contribution in [1.29, 1.82) is 0 Å². The first-order valence-corrected chi connectivity index (χ1v) is 5.32. The lowest BCUT2D eigenvalue weighted by molar-refractivity contribution is 0.520. The first-order valence-electron chi connectivity index (χ1n) is 4.38. The van der Waals surface area contributed by atoms with Crippen LogP contribution < -0.4 is 5.73 Å². The average molecular weight is 208 g/mol. The van der Waals surface area contributed by atoms with Gasteiger partial charge in [-0.2, -0.15) is 5.10 Å². The molecule has 14 heavy (non-hydrogen) atoms. The van der Waals surface area contributed by atoms with Crippen LogP contribution in [0.15, 0.2) is 23.3 Å². The lowest BCUT2D eigenvalue weighted by Crippen LogP contribution is -2.18. The monoisotopic (exact) mass is 208 g/mol. The van der Waals surface area contributed by atoms with E-state index >= 15 is 0 Å². The molecule has 0 aliphatic carbocycles. The molecule has 0 saturated heterocycles. The summed E-state index contributed by atoms with van der Waals surface area (Å²) in [5.74, 6) is 0. The normalized spacial score (nSPS) is 13.0. The van der Waals surface area contributed by atoms with Crippen molar-refractivity contribution in [3.05, 3.63) is 34.5 Å². The van der Waals surface area contributed by atoms with Crippen LogP contribution >= 0.6 is 11.3 Å². The van der Waals surface area contributed by atoms with Crippen LogP contribution in [0.5, 0.6) is 0 Å². The van der Waals surface area contributed by atoms with Crippen LogP contribution in [-0.2, 0) is 6.54 Å². The van der Waals surface area contributed by atoms with Gasteiger partial charge < -0.3 is 5.73 Å². The van der Waals surface area contributed by atoms with E-state index < -0.39 is 0 Å². The lowest BCUT2D eigenvalue weighted by atomic mass is 10.2. The van der Waals surface area contributed by atoms with E-state index in [4.69, 9.17) is 5.73 Å². The zero-order valence-electron chi connectivity index (χ0n) is 7.92. The zero-order chi connectivity index (χ0) is 9.97. The molecule has 2 aromatic heterocycles. The second-order valence-corrected chi connectivity index (χ2v) is 3.98. The highest BCUT2D eigenvalue weighted by atomic mass is 32.1. The Bertz CT molecular complexity index is 393. The van der Waals surface area contributed by atoms with Gasteiger partial charge in [0, 0.05) is 11.6 Å². The maximum atomic E-state index is 5.96. The average Bonchev–Trinajstić information content (AvgIpc) is 2.75. The number of thiazole rings is 1. The molecule has 0 aliphatic rings. The Morgan fingerprint density at radius 3 is 3.07 bits per heavy atom. The Hall–Kier alpha value is -1.20. The van der Waals surface area contributed by atoms with Gasteiger partial charge in [-0.15, -0.1) is 11.3 Å². The van der Waals surface area contributed by atoms with Crippen molar-refractivity contribution in [3.8, 4) is 0 Å². The summed E-state index contributed by atoms with van der Waals surface area (Å²) in [5.41, 5.74) is 9.84. The Labute approximate surface area is 86.4 Å². The summed E-state index contributed by atoms with van der Waals surface area (Å²) in [5, 5.41) is 6.15. The minimum absolute atomic E-state index is 0.0689. The van der Waals surface area contributed by atoms with Crippen LogP contribution in [0, 0.1) is 6.92 Å². The fourth-order valence-electron chi connectivity index (χ4n) is 1.27. The molecule has 0 aromatic carbocycles. The highest BCUT2D eigenvalue weighted by Crippen LogP contribution is 2.12. The van der Waals surface area contributed by atoms with E-state index in [-0.39, 0.29) is 6.04 Å². The first kappa shape index (κ1) is 9.36. The van der Waals surface area contributed by atoms with E-state index in [1.165, 1.54) is 0 Å².